The highest BCUT2D eigenvalue weighted by Crippen LogP contribution is 2.23. The highest BCUT2D eigenvalue weighted by Gasteiger charge is 2.21. The molecule has 0 saturated carbocycles. The zero-order valence-electron chi connectivity index (χ0n) is 15.8. The van der Waals surface area contributed by atoms with Crippen LogP contribution in [0.1, 0.15) is 32.3 Å². The molecular weight excluding hydrogens is 384 g/mol. The summed E-state index contributed by atoms with van der Waals surface area (Å²) in [5, 5.41) is 3.44. The third kappa shape index (κ3) is 5.71. The van der Waals surface area contributed by atoms with Gasteiger partial charge >= 0.3 is 0 Å². The van der Waals surface area contributed by atoms with Crippen LogP contribution in [0.25, 0.3) is 0 Å². The fourth-order valence-corrected chi connectivity index (χ4v) is 4.07. The van der Waals surface area contributed by atoms with Gasteiger partial charge in [-0.3, -0.25) is 9.10 Å². The molecule has 0 saturated heterocycles. The quantitative estimate of drug-likeness (QED) is 0.717. The Morgan fingerprint density at radius 2 is 1.70 bits per heavy atom. The number of benzene rings is 2. The molecule has 0 aromatic heterocycles. The van der Waals surface area contributed by atoms with Gasteiger partial charge in [-0.2, -0.15) is 0 Å². The highest BCUT2D eigenvalue weighted by molar-refractivity contribution is 7.92. The highest BCUT2D eigenvalue weighted by atomic mass is 35.5. The van der Waals surface area contributed by atoms with Gasteiger partial charge in [0.25, 0.3) is 10.0 Å². The molecule has 146 valence electrons. The summed E-state index contributed by atoms with van der Waals surface area (Å²) in [6.45, 7) is 4.07. The number of rotatable bonds is 8. The van der Waals surface area contributed by atoms with E-state index in [0.717, 1.165) is 18.4 Å². The molecule has 2 rings (SSSR count). The molecule has 0 spiro atoms. The molecular formula is C20H25ClN2O3S. The lowest BCUT2D eigenvalue weighted by Gasteiger charge is -2.20. The molecule has 0 radical (unpaired) electrons. The van der Waals surface area contributed by atoms with Crippen molar-refractivity contribution in [3.63, 3.8) is 0 Å². The molecule has 2 aromatic carbocycles. The summed E-state index contributed by atoms with van der Waals surface area (Å²) in [4.78, 5) is 12.2. The summed E-state index contributed by atoms with van der Waals surface area (Å²) >= 11 is 5.83. The van der Waals surface area contributed by atoms with Crippen LogP contribution in [0.2, 0.25) is 5.02 Å². The van der Waals surface area contributed by atoms with Gasteiger partial charge in [0.1, 0.15) is 0 Å². The Balaban J connectivity index is 2.07. The van der Waals surface area contributed by atoms with E-state index in [-0.39, 0.29) is 23.3 Å². The minimum atomic E-state index is -3.67. The molecule has 0 aliphatic heterocycles. The zero-order chi connectivity index (χ0) is 20.0. The molecule has 2 aromatic rings. The molecule has 0 aliphatic rings. The molecule has 0 bridgehead atoms. The van der Waals surface area contributed by atoms with Gasteiger partial charge in [0.05, 0.1) is 17.0 Å². The number of carbonyl (C=O) groups is 1. The monoisotopic (exact) mass is 408 g/mol. The zero-order valence-corrected chi connectivity index (χ0v) is 17.3. The lowest BCUT2D eigenvalue weighted by atomic mass is 10.1. The van der Waals surface area contributed by atoms with Gasteiger partial charge in [0, 0.05) is 18.1 Å². The molecule has 1 N–H and O–H groups in total. The number of carbonyl (C=O) groups excluding carboxylic acids is 1. The van der Waals surface area contributed by atoms with Crippen LogP contribution in [0.4, 0.5) is 5.69 Å². The SMILES string of the molecule is CCC[C@H](C)NC(=O)Cc1ccc(N(C)S(=O)(=O)c2ccc(Cl)cc2)cc1. The number of hydrogen-bond donors (Lipinski definition) is 1. The minimum Gasteiger partial charge on any atom is -0.353 e. The molecule has 0 aliphatic carbocycles. The second-order valence-electron chi connectivity index (χ2n) is 6.53. The Morgan fingerprint density at radius 3 is 2.26 bits per heavy atom. The van der Waals surface area contributed by atoms with Crippen LogP contribution >= 0.6 is 11.6 Å². The summed E-state index contributed by atoms with van der Waals surface area (Å²) < 4.78 is 26.6. The summed E-state index contributed by atoms with van der Waals surface area (Å²) in [7, 11) is -2.17. The standard InChI is InChI=1S/C20H25ClN2O3S/c1-4-5-15(2)22-20(24)14-16-6-10-18(11-7-16)23(3)27(25,26)19-12-8-17(21)9-13-19/h6-13,15H,4-5,14H2,1-3H3,(H,22,24)/t15-/m0/s1. The van der Waals surface area contributed by atoms with Gasteiger partial charge in [0.15, 0.2) is 0 Å². The van der Waals surface area contributed by atoms with Crippen LogP contribution in [0.15, 0.2) is 53.4 Å². The van der Waals surface area contributed by atoms with Crippen LogP contribution < -0.4 is 9.62 Å². The number of hydrogen-bond acceptors (Lipinski definition) is 3. The lowest BCUT2D eigenvalue weighted by molar-refractivity contribution is -0.121. The Bertz CT molecular complexity index is 865. The van der Waals surface area contributed by atoms with Gasteiger partial charge in [-0.05, 0) is 55.3 Å². The van der Waals surface area contributed by atoms with E-state index in [9.17, 15) is 13.2 Å². The summed E-state index contributed by atoms with van der Waals surface area (Å²) in [5.74, 6) is -0.0363. The second-order valence-corrected chi connectivity index (χ2v) is 8.93. The van der Waals surface area contributed by atoms with Gasteiger partial charge in [-0.15, -0.1) is 0 Å². The molecule has 1 amide bonds. The van der Waals surface area contributed by atoms with E-state index >= 15 is 0 Å². The van der Waals surface area contributed by atoms with Crippen LogP contribution in [0, 0.1) is 0 Å². The Kier molecular flexibility index (Phi) is 7.27. The molecule has 0 fully saturated rings. The van der Waals surface area contributed by atoms with Gasteiger partial charge in [-0.25, -0.2) is 8.42 Å². The van der Waals surface area contributed by atoms with E-state index in [4.69, 9.17) is 11.6 Å². The van der Waals surface area contributed by atoms with Crippen molar-refractivity contribution in [1.82, 2.24) is 5.32 Å². The van der Waals surface area contributed by atoms with Crippen molar-refractivity contribution >= 4 is 33.2 Å². The van der Waals surface area contributed by atoms with E-state index in [2.05, 4.69) is 12.2 Å². The average molecular weight is 409 g/mol. The maximum Gasteiger partial charge on any atom is 0.264 e. The van der Waals surface area contributed by atoms with E-state index in [1.807, 2.05) is 6.92 Å². The number of anilines is 1. The molecule has 27 heavy (non-hydrogen) atoms. The fraction of sp³-hybridized carbons (Fsp3) is 0.350. The summed E-state index contributed by atoms with van der Waals surface area (Å²) in [6, 6.07) is 13.1. The Hall–Kier alpha value is -2.05. The normalized spacial score (nSPS) is 12.4. The number of nitrogens with one attached hydrogen (secondary N) is 1. The number of halogens is 1. The molecule has 0 heterocycles. The van der Waals surface area contributed by atoms with Gasteiger partial charge in [-0.1, -0.05) is 37.1 Å². The van der Waals surface area contributed by atoms with Crippen LogP contribution in [0.5, 0.6) is 0 Å². The number of sulfonamides is 1. The maximum absolute atomic E-state index is 12.7. The first-order chi connectivity index (χ1) is 12.7. The van der Waals surface area contributed by atoms with E-state index in [1.54, 1.807) is 36.4 Å². The predicted molar refractivity (Wildman–Crippen MR) is 110 cm³/mol. The largest absolute Gasteiger partial charge is 0.353 e. The van der Waals surface area contributed by atoms with Crippen LogP contribution in [0.3, 0.4) is 0 Å². The maximum atomic E-state index is 12.7. The van der Waals surface area contributed by atoms with Gasteiger partial charge < -0.3 is 5.32 Å². The Morgan fingerprint density at radius 1 is 1.11 bits per heavy atom. The van der Waals surface area contributed by atoms with E-state index < -0.39 is 10.0 Å². The number of amides is 1. The van der Waals surface area contributed by atoms with Crippen LogP contribution in [-0.4, -0.2) is 27.4 Å². The smallest absolute Gasteiger partial charge is 0.264 e. The Labute approximate surface area is 166 Å². The fourth-order valence-electron chi connectivity index (χ4n) is 2.74. The third-order valence-electron chi connectivity index (χ3n) is 4.27. The topological polar surface area (TPSA) is 66.5 Å². The van der Waals surface area contributed by atoms with Crippen molar-refractivity contribution in [2.45, 2.75) is 44.0 Å². The average Bonchev–Trinajstić information content (AvgIpc) is 2.62. The van der Waals surface area contributed by atoms with Crippen LogP contribution in [-0.2, 0) is 21.2 Å². The number of nitrogens with zero attached hydrogens (tertiary/aromatic N) is 1. The van der Waals surface area contributed by atoms with Crippen molar-refractivity contribution in [2.24, 2.45) is 0 Å². The third-order valence-corrected chi connectivity index (χ3v) is 6.32. The van der Waals surface area contributed by atoms with Crippen molar-refractivity contribution < 1.29 is 13.2 Å². The molecule has 7 heteroatoms. The minimum absolute atomic E-state index is 0.0363. The van der Waals surface area contributed by atoms with Crippen molar-refractivity contribution in [2.75, 3.05) is 11.4 Å². The first-order valence-electron chi connectivity index (χ1n) is 8.87. The van der Waals surface area contributed by atoms with Crippen molar-refractivity contribution in [1.29, 1.82) is 0 Å². The summed E-state index contributed by atoms with van der Waals surface area (Å²) in [6.07, 6.45) is 2.23. The van der Waals surface area contributed by atoms with E-state index in [1.165, 1.54) is 23.5 Å². The first-order valence-corrected chi connectivity index (χ1v) is 10.7. The van der Waals surface area contributed by atoms with Crippen molar-refractivity contribution in [3.8, 4) is 0 Å². The predicted octanol–water partition coefficient (Wildman–Crippen LogP) is 4.01. The lowest BCUT2D eigenvalue weighted by Crippen LogP contribution is -2.33. The molecule has 1 atom stereocenters. The molecule has 0 unspecified atom stereocenters. The first kappa shape index (κ1) is 21.3. The van der Waals surface area contributed by atoms with Crippen molar-refractivity contribution in [3.05, 3.63) is 59.1 Å². The van der Waals surface area contributed by atoms with Gasteiger partial charge in [0.2, 0.25) is 5.91 Å². The molecule has 5 nitrogen and oxygen atoms in total. The second kappa shape index (κ2) is 9.24. The van der Waals surface area contributed by atoms with E-state index in [0.29, 0.717) is 10.7 Å². The summed E-state index contributed by atoms with van der Waals surface area (Å²) in [5.41, 5.74) is 1.35.